The van der Waals surface area contributed by atoms with Crippen molar-refractivity contribution >= 4 is 106 Å². The normalized spacial score (nSPS) is 12.3. The lowest BCUT2D eigenvalue weighted by molar-refractivity contribution is 0.678. The second-order valence-electron chi connectivity index (χ2n) is 10.9. The van der Waals surface area contributed by atoms with Crippen LogP contribution in [0.2, 0.25) is 0 Å². The van der Waals surface area contributed by atoms with Crippen LogP contribution >= 0.6 is 34.0 Å². The van der Waals surface area contributed by atoms with E-state index < -0.39 is 0 Å². The van der Waals surface area contributed by atoms with Crippen molar-refractivity contribution in [3.63, 3.8) is 0 Å². The van der Waals surface area contributed by atoms with Gasteiger partial charge in [0, 0.05) is 61.2 Å². The standard InChI is InChI=1S/C38H20OS3/c1-3-7-32-25(5-1)27-17-22(10-14-34(27)40-32)21-9-13-31-29(19-21)37-30-20-24(12-16-36(30)42-38(37)39-31)23-11-15-35-28(18-23)26-6-2-4-8-33(26)41-35/h1-20H. The quantitative estimate of drug-likeness (QED) is 0.196. The minimum atomic E-state index is 0.945. The van der Waals surface area contributed by atoms with Crippen LogP contribution in [-0.4, -0.2) is 0 Å². The number of thiophene rings is 3. The van der Waals surface area contributed by atoms with Crippen LogP contribution in [0, 0.1) is 0 Å². The summed E-state index contributed by atoms with van der Waals surface area (Å²) in [7, 11) is 0. The van der Waals surface area contributed by atoms with Gasteiger partial charge in [0.15, 0.2) is 4.90 Å². The van der Waals surface area contributed by atoms with E-state index in [9.17, 15) is 0 Å². The van der Waals surface area contributed by atoms with E-state index in [4.69, 9.17) is 4.42 Å². The van der Waals surface area contributed by atoms with Gasteiger partial charge in [-0.2, -0.15) is 0 Å². The van der Waals surface area contributed by atoms with Crippen molar-refractivity contribution in [1.29, 1.82) is 0 Å². The summed E-state index contributed by atoms with van der Waals surface area (Å²) in [6, 6.07) is 44.7. The molecule has 10 rings (SSSR count). The highest BCUT2D eigenvalue weighted by Crippen LogP contribution is 2.44. The van der Waals surface area contributed by atoms with Gasteiger partial charge in [0.25, 0.3) is 0 Å². The molecule has 196 valence electrons. The third kappa shape index (κ3) is 3.28. The molecule has 4 aromatic heterocycles. The lowest BCUT2D eigenvalue weighted by Gasteiger charge is -2.05. The van der Waals surface area contributed by atoms with E-state index in [-0.39, 0.29) is 0 Å². The fraction of sp³-hybridized carbons (Fsp3) is 0. The van der Waals surface area contributed by atoms with E-state index in [1.165, 1.54) is 83.5 Å². The molecule has 0 aliphatic rings. The summed E-state index contributed by atoms with van der Waals surface area (Å²) in [6.07, 6.45) is 0. The zero-order valence-corrected chi connectivity index (χ0v) is 24.6. The molecule has 0 aliphatic heterocycles. The van der Waals surface area contributed by atoms with E-state index in [0.717, 1.165) is 10.5 Å². The Morgan fingerprint density at radius 2 is 0.810 bits per heavy atom. The van der Waals surface area contributed by atoms with E-state index >= 15 is 0 Å². The average Bonchev–Trinajstić information content (AvgIpc) is 3.78. The Hall–Kier alpha value is -4.48. The summed E-state index contributed by atoms with van der Waals surface area (Å²) in [5, 5.41) is 8.98. The molecule has 0 spiro atoms. The highest BCUT2D eigenvalue weighted by Gasteiger charge is 2.17. The smallest absolute Gasteiger partial charge is 0.190 e. The van der Waals surface area contributed by atoms with Gasteiger partial charge in [-0.3, -0.25) is 0 Å². The summed E-state index contributed by atoms with van der Waals surface area (Å²) in [5.74, 6) is 0. The summed E-state index contributed by atoms with van der Waals surface area (Å²) >= 11 is 5.47. The number of benzene rings is 6. The second-order valence-corrected chi connectivity index (χ2v) is 14.1. The Kier molecular flexibility index (Phi) is 4.69. The first-order chi connectivity index (χ1) is 20.8. The Morgan fingerprint density at radius 1 is 0.357 bits per heavy atom. The van der Waals surface area contributed by atoms with Crippen LogP contribution in [-0.2, 0) is 0 Å². The van der Waals surface area contributed by atoms with Gasteiger partial charge in [0.05, 0.1) is 0 Å². The summed E-state index contributed by atoms with van der Waals surface area (Å²) in [6.45, 7) is 0. The number of fused-ring (bicyclic) bond motifs is 11. The highest BCUT2D eigenvalue weighted by molar-refractivity contribution is 7.26. The van der Waals surface area contributed by atoms with Crippen molar-refractivity contribution in [2.45, 2.75) is 0 Å². The first-order valence-corrected chi connectivity index (χ1v) is 16.4. The predicted octanol–water partition coefficient (Wildman–Crippen LogP) is 12.9. The molecule has 0 N–H and O–H groups in total. The summed E-state index contributed by atoms with van der Waals surface area (Å²) in [5.41, 5.74) is 5.88. The predicted molar refractivity (Wildman–Crippen MR) is 186 cm³/mol. The van der Waals surface area contributed by atoms with Crippen molar-refractivity contribution in [1.82, 2.24) is 0 Å². The van der Waals surface area contributed by atoms with Crippen LogP contribution in [0.25, 0.3) is 93.9 Å². The van der Waals surface area contributed by atoms with Crippen LogP contribution in [0.3, 0.4) is 0 Å². The molecule has 0 fully saturated rings. The molecule has 0 saturated carbocycles. The van der Waals surface area contributed by atoms with Crippen molar-refractivity contribution in [2.75, 3.05) is 0 Å². The molecule has 1 nitrogen and oxygen atoms in total. The molecule has 0 saturated heterocycles. The van der Waals surface area contributed by atoms with Crippen LogP contribution in [0.5, 0.6) is 0 Å². The summed E-state index contributed by atoms with van der Waals surface area (Å²) in [4.78, 5) is 0.993. The Bertz CT molecular complexity index is 2510. The summed E-state index contributed by atoms with van der Waals surface area (Å²) < 4.78 is 13.0. The first-order valence-electron chi connectivity index (χ1n) is 14.0. The largest absolute Gasteiger partial charge is 0.445 e. The molecule has 10 aromatic rings. The van der Waals surface area contributed by atoms with Crippen LogP contribution in [0.15, 0.2) is 126 Å². The number of furan rings is 1. The maximum absolute atomic E-state index is 6.41. The molecule has 0 amide bonds. The minimum absolute atomic E-state index is 0.945. The Balaban J connectivity index is 1.15. The van der Waals surface area contributed by atoms with E-state index in [1.54, 1.807) is 11.3 Å². The van der Waals surface area contributed by atoms with Gasteiger partial charge in [-0.05, 0) is 82.9 Å². The molecule has 6 aromatic carbocycles. The van der Waals surface area contributed by atoms with Crippen LogP contribution < -0.4 is 0 Å². The zero-order valence-electron chi connectivity index (χ0n) is 22.2. The van der Waals surface area contributed by atoms with Crippen molar-refractivity contribution in [2.24, 2.45) is 0 Å². The number of hydrogen-bond donors (Lipinski definition) is 0. The van der Waals surface area contributed by atoms with Crippen LogP contribution in [0.4, 0.5) is 0 Å². The maximum Gasteiger partial charge on any atom is 0.190 e. The molecule has 0 radical (unpaired) electrons. The molecule has 4 heteroatoms. The minimum Gasteiger partial charge on any atom is -0.445 e. The van der Waals surface area contributed by atoms with Crippen molar-refractivity contribution in [3.05, 3.63) is 121 Å². The molecule has 0 bridgehead atoms. The molecule has 0 atom stereocenters. The number of rotatable bonds is 2. The van der Waals surface area contributed by atoms with Crippen LogP contribution in [0.1, 0.15) is 0 Å². The van der Waals surface area contributed by atoms with E-state index in [0.29, 0.717) is 0 Å². The Labute approximate surface area is 252 Å². The molecule has 0 aliphatic carbocycles. The molecule has 0 unspecified atom stereocenters. The van der Waals surface area contributed by atoms with Gasteiger partial charge < -0.3 is 4.42 Å². The fourth-order valence-corrected chi connectivity index (χ4v) is 9.72. The lowest BCUT2D eigenvalue weighted by atomic mass is 9.99. The zero-order chi connectivity index (χ0) is 27.4. The molecule has 42 heavy (non-hydrogen) atoms. The van der Waals surface area contributed by atoms with Gasteiger partial charge in [0.2, 0.25) is 0 Å². The molecule has 4 heterocycles. The van der Waals surface area contributed by atoms with Gasteiger partial charge in [-0.25, -0.2) is 0 Å². The monoisotopic (exact) mass is 588 g/mol. The van der Waals surface area contributed by atoms with E-state index in [2.05, 4.69) is 121 Å². The van der Waals surface area contributed by atoms with Gasteiger partial charge in [0.1, 0.15) is 5.58 Å². The highest BCUT2D eigenvalue weighted by atomic mass is 32.1. The molecular weight excluding hydrogens is 569 g/mol. The van der Waals surface area contributed by atoms with Gasteiger partial charge in [-0.15, -0.1) is 22.7 Å². The maximum atomic E-state index is 6.41. The van der Waals surface area contributed by atoms with Crippen molar-refractivity contribution in [3.8, 4) is 22.3 Å². The Morgan fingerprint density at radius 3 is 1.40 bits per heavy atom. The molecular formula is C38H20OS3. The fourth-order valence-electron chi connectivity index (χ4n) is 6.49. The topological polar surface area (TPSA) is 13.1 Å². The van der Waals surface area contributed by atoms with Gasteiger partial charge >= 0.3 is 0 Å². The first kappa shape index (κ1) is 23.1. The number of hydrogen-bond acceptors (Lipinski definition) is 4. The lowest BCUT2D eigenvalue weighted by Crippen LogP contribution is -1.79. The van der Waals surface area contributed by atoms with Crippen molar-refractivity contribution < 1.29 is 4.42 Å². The van der Waals surface area contributed by atoms with E-state index in [1.807, 2.05) is 22.7 Å². The third-order valence-electron chi connectivity index (χ3n) is 8.53. The van der Waals surface area contributed by atoms with Gasteiger partial charge in [-0.1, -0.05) is 72.0 Å². The SMILES string of the molecule is c1ccc2c(c1)sc1ccc(-c3ccc4oc5sc6ccc(-c7ccc8sc9ccccc9c8c7)cc6c5c4c3)cc12. The average molecular weight is 589 g/mol. The second kappa shape index (κ2) is 8.52. The third-order valence-corrected chi connectivity index (χ3v) is 11.9.